The standard InChI is InChI=1S/C22H22P.BrH.H2N.Na/c1-2-3-19-23(20-13-7-4-8-14-20,21-15-9-5-10-16-21)22-17-11-6-12-18-22;;;/h2-18H,19H2,1H3;1H;1H2;/q+1;;-1;+1/p-1/b3-2+;;;. The van der Waals surface area contributed by atoms with Crippen LogP contribution in [-0.4, -0.2) is 6.16 Å². The van der Waals surface area contributed by atoms with Crippen LogP contribution in [-0.2, 0) is 0 Å². The van der Waals surface area contributed by atoms with Crippen molar-refractivity contribution < 1.29 is 46.5 Å². The van der Waals surface area contributed by atoms with Crippen molar-refractivity contribution in [1.82, 2.24) is 0 Å². The Balaban J connectivity index is 0.00000208. The van der Waals surface area contributed by atoms with Crippen LogP contribution >= 0.6 is 7.26 Å². The largest absolute Gasteiger partial charge is 1.00 e. The fourth-order valence-electron chi connectivity index (χ4n) is 3.07. The van der Waals surface area contributed by atoms with Crippen LogP contribution in [0.3, 0.4) is 0 Å². The van der Waals surface area contributed by atoms with Crippen molar-refractivity contribution >= 4 is 23.2 Å². The minimum atomic E-state index is -1.66. The summed E-state index contributed by atoms with van der Waals surface area (Å²) in [6, 6.07) is 33.0. The van der Waals surface area contributed by atoms with Gasteiger partial charge in [0.25, 0.3) is 0 Å². The van der Waals surface area contributed by atoms with E-state index in [0.717, 1.165) is 6.16 Å². The third-order valence-electron chi connectivity index (χ3n) is 4.21. The molecule has 0 fully saturated rings. The molecule has 1 nitrogen and oxygen atoms in total. The zero-order chi connectivity index (χ0) is 16.0. The molecule has 2 N–H and O–H groups in total. The van der Waals surface area contributed by atoms with Gasteiger partial charge in [-0.05, 0) is 43.3 Å². The fraction of sp³-hybridized carbons (Fsp3) is 0.0909. The molecule has 0 atom stereocenters. The Labute approximate surface area is 190 Å². The quantitative estimate of drug-likeness (QED) is 0.288. The van der Waals surface area contributed by atoms with Crippen molar-refractivity contribution in [3.8, 4) is 0 Å². The Bertz CT molecular complexity index is 667. The van der Waals surface area contributed by atoms with E-state index in [-0.39, 0.29) is 52.7 Å². The molecule has 0 aliphatic carbocycles. The molecule has 0 radical (unpaired) electrons. The van der Waals surface area contributed by atoms with E-state index >= 15 is 0 Å². The molecule has 0 spiro atoms. The zero-order valence-electron chi connectivity index (χ0n) is 15.4. The van der Waals surface area contributed by atoms with Gasteiger partial charge in [-0.15, -0.1) is 0 Å². The van der Waals surface area contributed by atoms with Gasteiger partial charge < -0.3 is 23.1 Å². The van der Waals surface area contributed by atoms with Crippen molar-refractivity contribution in [2.75, 3.05) is 6.16 Å². The predicted molar refractivity (Wildman–Crippen MR) is 110 cm³/mol. The van der Waals surface area contributed by atoms with Crippen molar-refractivity contribution in [3.05, 3.63) is 109 Å². The van der Waals surface area contributed by atoms with Crippen LogP contribution in [0.2, 0.25) is 0 Å². The van der Waals surface area contributed by atoms with Crippen LogP contribution in [0.25, 0.3) is 6.15 Å². The maximum absolute atomic E-state index is 2.32. The van der Waals surface area contributed by atoms with Gasteiger partial charge in [0.05, 0.1) is 6.16 Å². The summed E-state index contributed by atoms with van der Waals surface area (Å²) in [7, 11) is -1.66. The molecule has 3 rings (SSSR count). The molecule has 0 aliphatic rings. The fourth-order valence-corrected chi connectivity index (χ4v) is 7.17. The second-order valence-electron chi connectivity index (χ2n) is 5.57. The summed E-state index contributed by atoms with van der Waals surface area (Å²) in [4.78, 5) is 0. The van der Waals surface area contributed by atoms with E-state index in [1.165, 1.54) is 15.9 Å². The maximum atomic E-state index is 2.32. The molecule has 0 aromatic heterocycles. The average molecular weight is 436 g/mol. The molecular formula is C22H24BrNNaP. The predicted octanol–water partition coefficient (Wildman–Crippen LogP) is -0.718. The van der Waals surface area contributed by atoms with E-state index in [4.69, 9.17) is 0 Å². The van der Waals surface area contributed by atoms with E-state index in [2.05, 4.69) is 110 Å². The number of hydrogen-bond acceptors (Lipinski definition) is 0. The van der Waals surface area contributed by atoms with Crippen LogP contribution in [0.15, 0.2) is 103 Å². The van der Waals surface area contributed by atoms with E-state index in [9.17, 15) is 0 Å². The number of rotatable bonds is 5. The molecule has 0 heterocycles. The van der Waals surface area contributed by atoms with Gasteiger partial charge in [0, 0.05) is 0 Å². The molecular weight excluding hydrogens is 412 g/mol. The molecule has 0 bridgehead atoms. The van der Waals surface area contributed by atoms with Gasteiger partial charge in [0.2, 0.25) is 0 Å². The van der Waals surface area contributed by atoms with Gasteiger partial charge in [0.1, 0.15) is 23.2 Å². The first-order valence-electron chi connectivity index (χ1n) is 8.04. The number of halogens is 1. The van der Waals surface area contributed by atoms with Gasteiger partial charge in [-0.3, -0.25) is 0 Å². The minimum absolute atomic E-state index is 0. The zero-order valence-corrected chi connectivity index (χ0v) is 19.9. The molecule has 0 saturated heterocycles. The third-order valence-corrected chi connectivity index (χ3v) is 8.50. The second kappa shape index (κ2) is 12.6. The van der Waals surface area contributed by atoms with Crippen molar-refractivity contribution in [1.29, 1.82) is 0 Å². The first-order chi connectivity index (χ1) is 11.4. The van der Waals surface area contributed by atoms with E-state index in [1.807, 2.05) is 0 Å². The van der Waals surface area contributed by atoms with Gasteiger partial charge in [0.15, 0.2) is 0 Å². The SMILES string of the molecule is C/C=C/C[P+](c1ccccc1)(c1ccccc1)c1ccccc1.[Br-].[NH2-].[Na+]. The summed E-state index contributed by atoms with van der Waals surface area (Å²) in [5.41, 5.74) is 0. The first-order valence-corrected chi connectivity index (χ1v) is 10.0. The normalized spacial score (nSPS) is 10.3. The smallest absolute Gasteiger partial charge is 1.00 e. The molecule has 26 heavy (non-hydrogen) atoms. The third kappa shape index (κ3) is 5.39. The molecule has 0 unspecified atom stereocenters. The van der Waals surface area contributed by atoms with Crippen LogP contribution in [0.4, 0.5) is 0 Å². The molecule has 0 amide bonds. The van der Waals surface area contributed by atoms with Gasteiger partial charge in [-0.2, -0.15) is 0 Å². The second-order valence-corrected chi connectivity index (χ2v) is 9.10. The number of benzene rings is 3. The Kier molecular flexibility index (Phi) is 12.3. The molecule has 0 aliphatic heterocycles. The summed E-state index contributed by atoms with van der Waals surface area (Å²) >= 11 is 0. The Morgan fingerprint density at radius 1 is 0.654 bits per heavy atom. The van der Waals surface area contributed by atoms with Gasteiger partial charge in [-0.25, -0.2) is 0 Å². The maximum Gasteiger partial charge on any atom is 1.00 e. The summed E-state index contributed by atoms with van der Waals surface area (Å²) in [5, 5.41) is 4.32. The number of allylic oxidation sites excluding steroid dienone is 2. The van der Waals surface area contributed by atoms with Crippen molar-refractivity contribution in [2.24, 2.45) is 0 Å². The average Bonchev–Trinajstić information content (AvgIpc) is 2.65. The molecule has 3 aromatic carbocycles. The molecule has 3 aromatic rings. The van der Waals surface area contributed by atoms with E-state index < -0.39 is 7.26 Å². The van der Waals surface area contributed by atoms with Crippen LogP contribution in [0, 0.1) is 0 Å². The van der Waals surface area contributed by atoms with E-state index in [0.29, 0.717) is 0 Å². The van der Waals surface area contributed by atoms with Gasteiger partial charge >= 0.3 is 29.6 Å². The Morgan fingerprint density at radius 2 is 0.962 bits per heavy atom. The first kappa shape index (κ1) is 25.3. The minimum Gasteiger partial charge on any atom is -1.00 e. The van der Waals surface area contributed by atoms with Crippen LogP contribution in [0.1, 0.15) is 6.92 Å². The molecule has 130 valence electrons. The van der Waals surface area contributed by atoms with Crippen LogP contribution in [0.5, 0.6) is 0 Å². The monoisotopic (exact) mass is 435 g/mol. The summed E-state index contributed by atoms with van der Waals surface area (Å²) in [6.07, 6.45) is 5.55. The topological polar surface area (TPSA) is 33.5 Å². The Morgan fingerprint density at radius 3 is 1.23 bits per heavy atom. The summed E-state index contributed by atoms with van der Waals surface area (Å²) in [6.45, 7) is 2.11. The Hall–Kier alpha value is -0.730. The summed E-state index contributed by atoms with van der Waals surface area (Å²) in [5.74, 6) is 0. The molecule has 4 heteroatoms. The summed E-state index contributed by atoms with van der Waals surface area (Å²) < 4.78 is 0. The van der Waals surface area contributed by atoms with E-state index in [1.54, 1.807) is 0 Å². The van der Waals surface area contributed by atoms with Gasteiger partial charge in [-0.1, -0.05) is 66.7 Å². The van der Waals surface area contributed by atoms with Crippen molar-refractivity contribution in [2.45, 2.75) is 6.92 Å². The van der Waals surface area contributed by atoms with Crippen LogP contribution < -0.4 is 62.5 Å². The number of hydrogen-bond donors (Lipinski definition) is 0. The molecule has 0 saturated carbocycles. The number of nitrogens with two attached hydrogens (primary N) is 1. The van der Waals surface area contributed by atoms with Crippen molar-refractivity contribution in [3.63, 3.8) is 0 Å².